The number of carbonyl (C=O) groups is 1. The van der Waals surface area contributed by atoms with Crippen molar-refractivity contribution in [1.82, 2.24) is 0 Å². The summed E-state index contributed by atoms with van der Waals surface area (Å²) in [4.78, 5) is 24.8. The number of fused-ring (bicyclic) bond motifs is 1. The standard InChI is InChI=1S/C20H19FN2O4/c1-20(2)18(11-24)22(14-7-5-13(21)6-8-14)19-16(12-3-4-12)9-15(23(25)26)10-17(19)27-20/h5-12,18H,3-4H2,1-2H3. The lowest BCUT2D eigenvalue weighted by atomic mass is 9.91. The minimum absolute atomic E-state index is 0.0324. The topological polar surface area (TPSA) is 72.7 Å². The van der Waals surface area contributed by atoms with Crippen molar-refractivity contribution >= 4 is 23.3 Å². The zero-order valence-electron chi connectivity index (χ0n) is 15.0. The van der Waals surface area contributed by atoms with Gasteiger partial charge in [0.05, 0.1) is 16.7 Å². The van der Waals surface area contributed by atoms with Crippen LogP contribution in [0, 0.1) is 15.9 Å². The van der Waals surface area contributed by atoms with Crippen molar-refractivity contribution in [3.63, 3.8) is 0 Å². The van der Waals surface area contributed by atoms with Crippen molar-refractivity contribution < 1.29 is 18.8 Å². The van der Waals surface area contributed by atoms with E-state index < -0.39 is 16.6 Å². The maximum absolute atomic E-state index is 13.5. The molecule has 2 aromatic carbocycles. The molecule has 0 bridgehead atoms. The van der Waals surface area contributed by atoms with E-state index >= 15 is 0 Å². The van der Waals surface area contributed by atoms with Gasteiger partial charge in [-0.2, -0.15) is 0 Å². The molecule has 1 saturated carbocycles. The van der Waals surface area contributed by atoms with E-state index in [2.05, 4.69) is 0 Å². The Labute approximate surface area is 155 Å². The zero-order valence-corrected chi connectivity index (χ0v) is 15.0. The summed E-state index contributed by atoms with van der Waals surface area (Å²) in [6.45, 7) is 3.53. The van der Waals surface area contributed by atoms with Gasteiger partial charge in [0, 0.05) is 11.8 Å². The highest BCUT2D eigenvalue weighted by molar-refractivity contribution is 5.84. The molecule has 4 rings (SSSR count). The molecule has 1 unspecified atom stereocenters. The summed E-state index contributed by atoms with van der Waals surface area (Å²) in [7, 11) is 0. The number of ether oxygens (including phenoxy) is 1. The van der Waals surface area contributed by atoms with Crippen LogP contribution in [0.1, 0.15) is 38.2 Å². The number of anilines is 2. The maximum atomic E-state index is 13.5. The second-order valence-corrected chi connectivity index (χ2v) is 7.55. The average molecular weight is 370 g/mol. The molecule has 1 aliphatic heterocycles. The zero-order chi connectivity index (χ0) is 19.3. The Morgan fingerprint density at radius 3 is 2.48 bits per heavy atom. The van der Waals surface area contributed by atoms with Gasteiger partial charge in [-0.3, -0.25) is 10.1 Å². The van der Waals surface area contributed by atoms with Crippen molar-refractivity contribution in [2.75, 3.05) is 4.90 Å². The molecular weight excluding hydrogens is 351 g/mol. The van der Waals surface area contributed by atoms with Crippen molar-refractivity contribution in [1.29, 1.82) is 0 Å². The second kappa shape index (κ2) is 6.04. The van der Waals surface area contributed by atoms with Crippen LogP contribution in [0.25, 0.3) is 0 Å². The van der Waals surface area contributed by atoms with Gasteiger partial charge in [0.25, 0.3) is 5.69 Å². The summed E-state index contributed by atoms with van der Waals surface area (Å²) in [5, 5.41) is 11.4. The first-order valence-corrected chi connectivity index (χ1v) is 8.83. The first-order valence-electron chi connectivity index (χ1n) is 8.83. The van der Waals surface area contributed by atoms with Crippen molar-refractivity contribution in [3.05, 3.63) is 57.9 Å². The number of halogens is 1. The van der Waals surface area contributed by atoms with Gasteiger partial charge in [-0.15, -0.1) is 0 Å². The second-order valence-electron chi connectivity index (χ2n) is 7.55. The van der Waals surface area contributed by atoms with Crippen LogP contribution in [-0.2, 0) is 4.79 Å². The first kappa shape index (κ1) is 17.5. The van der Waals surface area contributed by atoms with Gasteiger partial charge in [0.1, 0.15) is 23.7 Å². The molecule has 7 heteroatoms. The minimum atomic E-state index is -0.917. The Hall–Kier alpha value is -2.96. The van der Waals surface area contributed by atoms with Gasteiger partial charge in [0.2, 0.25) is 0 Å². The predicted molar refractivity (Wildman–Crippen MR) is 98.2 cm³/mol. The number of hydrogen-bond acceptors (Lipinski definition) is 5. The van der Waals surface area contributed by atoms with Gasteiger partial charge >= 0.3 is 0 Å². The highest BCUT2D eigenvalue weighted by Crippen LogP contribution is 2.54. The molecule has 1 fully saturated rings. The molecular formula is C20H19FN2O4. The van der Waals surface area contributed by atoms with Gasteiger partial charge in [-0.05, 0) is 62.4 Å². The number of rotatable bonds is 4. The van der Waals surface area contributed by atoms with Crippen molar-refractivity contribution in [3.8, 4) is 5.75 Å². The molecule has 140 valence electrons. The first-order chi connectivity index (χ1) is 12.8. The molecule has 2 aromatic rings. The smallest absolute Gasteiger partial charge is 0.273 e. The van der Waals surface area contributed by atoms with E-state index in [1.165, 1.54) is 18.2 Å². The normalized spacial score (nSPS) is 20.6. The molecule has 0 saturated heterocycles. The van der Waals surface area contributed by atoms with Crippen LogP contribution in [0.2, 0.25) is 0 Å². The lowest BCUT2D eigenvalue weighted by Crippen LogP contribution is -2.55. The summed E-state index contributed by atoms with van der Waals surface area (Å²) in [6.07, 6.45) is 2.67. The number of nitrogens with zero attached hydrogens (tertiary/aromatic N) is 2. The molecule has 2 aliphatic rings. The minimum Gasteiger partial charge on any atom is -0.483 e. The SMILES string of the molecule is CC1(C)Oc2cc([N+](=O)[O-])cc(C3CC3)c2N(c2ccc(F)cc2)C1C=O. The van der Waals surface area contributed by atoms with Gasteiger partial charge < -0.3 is 14.4 Å². The fourth-order valence-corrected chi connectivity index (χ4v) is 3.67. The largest absolute Gasteiger partial charge is 0.483 e. The van der Waals surface area contributed by atoms with E-state index in [-0.39, 0.29) is 17.4 Å². The van der Waals surface area contributed by atoms with E-state index in [0.29, 0.717) is 17.1 Å². The number of benzene rings is 2. The number of aldehydes is 1. The third-order valence-electron chi connectivity index (χ3n) is 5.16. The Morgan fingerprint density at radius 2 is 1.93 bits per heavy atom. The fraction of sp³-hybridized carbons (Fsp3) is 0.350. The third kappa shape index (κ3) is 2.93. The molecule has 0 amide bonds. The number of non-ortho nitro benzene ring substituents is 1. The molecule has 0 spiro atoms. The van der Waals surface area contributed by atoms with E-state index in [1.807, 2.05) is 4.90 Å². The van der Waals surface area contributed by atoms with Crippen LogP contribution in [-0.4, -0.2) is 22.9 Å². The quantitative estimate of drug-likeness (QED) is 0.450. The monoisotopic (exact) mass is 370 g/mol. The third-order valence-corrected chi connectivity index (χ3v) is 5.16. The molecule has 1 aliphatic carbocycles. The van der Waals surface area contributed by atoms with Crippen molar-refractivity contribution in [2.45, 2.75) is 44.2 Å². The molecule has 0 N–H and O–H groups in total. The summed E-state index contributed by atoms with van der Waals surface area (Å²) >= 11 is 0. The number of hydrogen-bond donors (Lipinski definition) is 0. The lowest BCUT2D eigenvalue weighted by molar-refractivity contribution is -0.385. The number of carbonyl (C=O) groups excluding carboxylic acids is 1. The Morgan fingerprint density at radius 1 is 1.26 bits per heavy atom. The van der Waals surface area contributed by atoms with Gasteiger partial charge in [-0.1, -0.05) is 0 Å². The molecule has 0 radical (unpaired) electrons. The highest BCUT2D eigenvalue weighted by Gasteiger charge is 2.46. The van der Waals surface area contributed by atoms with Gasteiger partial charge in [0.15, 0.2) is 5.75 Å². The van der Waals surface area contributed by atoms with E-state index in [4.69, 9.17) is 4.74 Å². The summed E-state index contributed by atoms with van der Waals surface area (Å²) in [5.74, 6) is 0.192. The average Bonchev–Trinajstić information content (AvgIpc) is 3.44. The Balaban J connectivity index is 1.98. The van der Waals surface area contributed by atoms with Crippen LogP contribution in [0.15, 0.2) is 36.4 Å². The number of nitro benzene ring substituents is 1. The molecule has 1 heterocycles. The highest BCUT2D eigenvalue weighted by atomic mass is 19.1. The maximum Gasteiger partial charge on any atom is 0.273 e. The van der Waals surface area contributed by atoms with Crippen LogP contribution in [0.4, 0.5) is 21.5 Å². The van der Waals surface area contributed by atoms with E-state index in [9.17, 15) is 19.3 Å². The van der Waals surface area contributed by atoms with Crippen LogP contribution < -0.4 is 9.64 Å². The van der Waals surface area contributed by atoms with Crippen molar-refractivity contribution in [2.24, 2.45) is 0 Å². The number of nitro groups is 1. The van der Waals surface area contributed by atoms with Crippen LogP contribution in [0.5, 0.6) is 5.75 Å². The Kier molecular flexibility index (Phi) is 3.91. The lowest BCUT2D eigenvalue weighted by Gasteiger charge is -2.46. The molecule has 6 nitrogen and oxygen atoms in total. The van der Waals surface area contributed by atoms with E-state index in [1.54, 1.807) is 32.0 Å². The summed E-state index contributed by atoms with van der Waals surface area (Å²) in [5.41, 5.74) is 1.15. The van der Waals surface area contributed by atoms with Crippen LogP contribution in [0.3, 0.4) is 0 Å². The predicted octanol–water partition coefficient (Wildman–Crippen LogP) is 4.49. The molecule has 1 atom stereocenters. The summed E-state index contributed by atoms with van der Waals surface area (Å²) in [6, 6.07) is 8.19. The Bertz CT molecular complexity index is 922. The van der Waals surface area contributed by atoms with Gasteiger partial charge in [-0.25, -0.2) is 4.39 Å². The van der Waals surface area contributed by atoms with E-state index in [0.717, 1.165) is 24.7 Å². The molecule has 0 aromatic heterocycles. The van der Waals surface area contributed by atoms with Crippen LogP contribution >= 0.6 is 0 Å². The summed E-state index contributed by atoms with van der Waals surface area (Å²) < 4.78 is 19.5. The fourth-order valence-electron chi connectivity index (χ4n) is 3.67. The molecule has 27 heavy (non-hydrogen) atoms.